The monoisotopic (exact) mass is 266 g/mol. The summed E-state index contributed by atoms with van der Waals surface area (Å²) in [7, 11) is 0. The molecule has 0 aliphatic heterocycles. The number of fused-ring (bicyclic) bond motifs is 1. The number of hydrogen-bond donors (Lipinski definition) is 2. The van der Waals surface area contributed by atoms with E-state index in [1.807, 2.05) is 24.3 Å². The van der Waals surface area contributed by atoms with Gasteiger partial charge in [-0.3, -0.25) is 9.78 Å². The third-order valence-corrected chi connectivity index (χ3v) is 3.13. The van der Waals surface area contributed by atoms with Crippen LogP contribution in [-0.2, 0) is 4.79 Å². The number of benzene rings is 1. The SMILES string of the molecule is O=C(O)C(=O)c1c[nH]c2cc(-c3ccncc3)ccc12. The molecular formula is C15H10N2O3. The van der Waals surface area contributed by atoms with E-state index in [4.69, 9.17) is 5.11 Å². The lowest BCUT2D eigenvalue weighted by molar-refractivity contribution is -0.131. The number of carboxylic acids is 1. The van der Waals surface area contributed by atoms with E-state index in [0.717, 1.165) is 16.6 Å². The second kappa shape index (κ2) is 4.62. The maximum absolute atomic E-state index is 11.5. The molecule has 0 unspecified atom stereocenters. The lowest BCUT2D eigenvalue weighted by Crippen LogP contribution is -2.11. The maximum atomic E-state index is 11.5. The van der Waals surface area contributed by atoms with Gasteiger partial charge >= 0.3 is 5.97 Å². The molecule has 20 heavy (non-hydrogen) atoms. The van der Waals surface area contributed by atoms with Crippen LogP contribution >= 0.6 is 0 Å². The number of carboxylic acid groups (broad SMARTS) is 1. The first-order chi connectivity index (χ1) is 9.66. The summed E-state index contributed by atoms with van der Waals surface area (Å²) in [5.41, 5.74) is 2.87. The highest BCUT2D eigenvalue weighted by Crippen LogP contribution is 2.25. The molecule has 0 aliphatic carbocycles. The largest absolute Gasteiger partial charge is 0.475 e. The number of ketones is 1. The van der Waals surface area contributed by atoms with E-state index >= 15 is 0 Å². The molecule has 5 heteroatoms. The summed E-state index contributed by atoms with van der Waals surface area (Å²) in [6.07, 6.45) is 4.83. The number of carbonyl (C=O) groups excluding carboxylic acids is 1. The summed E-state index contributed by atoms with van der Waals surface area (Å²) in [5, 5.41) is 9.38. The molecule has 3 rings (SSSR count). The zero-order valence-corrected chi connectivity index (χ0v) is 10.3. The van der Waals surface area contributed by atoms with E-state index in [2.05, 4.69) is 9.97 Å². The minimum absolute atomic E-state index is 0.175. The van der Waals surface area contributed by atoms with Crippen molar-refractivity contribution in [3.8, 4) is 11.1 Å². The van der Waals surface area contributed by atoms with Gasteiger partial charge in [-0.25, -0.2) is 4.79 Å². The highest BCUT2D eigenvalue weighted by atomic mass is 16.4. The Balaban J connectivity index is 2.11. The van der Waals surface area contributed by atoms with Gasteiger partial charge in [-0.1, -0.05) is 12.1 Å². The van der Waals surface area contributed by atoms with Crippen molar-refractivity contribution in [3.63, 3.8) is 0 Å². The topological polar surface area (TPSA) is 83.0 Å². The Labute approximate surface area is 113 Å². The average molecular weight is 266 g/mol. The van der Waals surface area contributed by atoms with Crippen LogP contribution in [0, 0.1) is 0 Å². The van der Waals surface area contributed by atoms with Crippen LogP contribution < -0.4 is 0 Å². The number of nitrogens with one attached hydrogen (secondary N) is 1. The predicted molar refractivity (Wildman–Crippen MR) is 73.5 cm³/mol. The number of nitrogens with zero attached hydrogens (tertiary/aromatic N) is 1. The van der Waals surface area contributed by atoms with E-state index in [1.54, 1.807) is 18.5 Å². The van der Waals surface area contributed by atoms with Crippen molar-refractivity contribution in [2.45, 2.75) is 0 Å². The summed E-state index contributed by atoms with van der Waals surface area (Å²) < 4.78 is 0. The second-order valence-electron chi connectivity index (χ2n) is 4.33. The van der Waals surface area contributed by atoms with Gasteiger partial charge in [-0.15, -0.1) is 0 Å². The Bertz CT molecular complexity index is 806. The van der Waals surface area contributed by atoms with Gasteiger partial charge in [0.2, 0.25) is 0 Å². The maximum Gasteiger partial charge on any atom is 0.377 e. The van der Waals surface area contributed by atoms with Crippen molar-refractivity contribution < 1.29 is 14.7 Å². The number of aromatic amines is 1. The quantitative estimate of drug-likeness (QED) is 0.563. The normalized spacial score (nSPS) is 10.6. The van der Waals surface area contributed by atoms with E-state index in [0.29, 0.717) is 5.39 Å². The number of rotatable bonds is 3. The Morgan fingerprint density at radius 2 is 1.80 bits per heavy atom. The summed E-state index contributed by atoms with van der Waals surface area (Å²) in [6.45, 7) is 0. The molecule has 0 aliphatic rings. The number of Topliss-reactive ketones (excluding diaryl/α,β-unsaturated/α-hetero) is 1. The van der Waals surface area contributed by atoms with Crippen molar-refractivity contribution in [2.75, 3.05) is 0 Å². The Morgan fingerprint density at radius 3 is 2.50 bits per heavy atom. The first-order valence-electron chi connectivity index (χ1n) is 5.96. The van der Waals surface area contributed by atoms with Gasteiger partial charge in [0.25, 0.3) is 5.78 Å². The minimum atomic E-state index is -1.45. The van der Waals surface area contributed by atoms with E-state index in [1.165, 1.54) is 6.20 Å². The molecule has 98 valence electrons. The molecular weight excluding hydrogens is 256 g/mol. The highest BCUT2D eigenvalue weighted by molar-refractivity contribution is 6.42. The van der Waals surface area contributed by atoms with Crippen LogP contribution in [0.5, 0.6) is 0 Å². The predicted octanol–water partition coefficient (Wildman–Crippen LogP) is 2.50. The molecule has 0 spiro atoms. The fraction of sp³-hybridized carbons (Fsp3) is 0. The van der Waals surface area contributed by atoms with E-state index in [-0.39, 0.29) is 5.56 Å². The van der Waals surface area contributed by atoms with Crippen molar-refractivity contribution in [1.82, 2.24) is 9.97 Å². The molecule has 1 aromatic carbocycles. The number of aliphatic carboxylic acids is 1. The van der Waals surface area contributed by atoms with Gasteiger partial charge in [0, 0.05) is 29.5 Å². The van der Waals surface area contributed by atoms with Gasteiger partial charge in [-0.05, 0) is 29.3 Å². The standard InChI is InChI=1S/C15H10N2O3/c18-14(15(19)20)12-8-17-13-7-10(1-2-11(12)13)9-3-5-16-6-4-9/h1-8,17H,(H,19,20). The number of H-pyrrole nitrogens is 1. The number of aromatic nitrogens is 2. The van der Waals surface area contributed by atoms with Crippen LogP contribution in [0.1, 0.15) is 10.4 Å². The van der Waals surface area contributed by atoms with Crippen molar-refractivity contribution in [2.24, 2.45) is 0 Å². The molecule has 0 amide bonds. The van der Waals surface area contributed by atoms with Gasteiger partial charge in [0.15, 0.2) is 0 Å². The minimum Gasteiger partial charge on any atom is -0.475 e. The van der Waals surface area contributed by atoms with Crippen molar-refractivity contribution >= 4 is 22.7 Å². The average Bonchev–Trinajstić information content (AvgIpc) is 2.90. The van der Waals surface area contributed by atoms with Crippen LogP contribution in [0.25, 0.3) is 22.0 Å². The third-order valence-electron chi connectivity index (χ3n) is 3.13. The molecule has 5 nitrogen and oxygen atoms in total. The van der Waals surface area contributed by atoms with Crippen molar-refractivity contribution in [1.29, 1.82) is 0 Å². The fourth-order valence-corrected chi connectivity index (χ4v) is 2.15. The molecule has 2 heterocycles. The number of carbonyl (C=O) groups is 2. The lowest BCUT2D eigenvalue weighted by Gasteiger charge is -2.01. The molecule has 0 saturated heterocycles. The van der Waals surface area contributed by atoms with Gasteiger partial charge in [0.05, 0.1) is 5.56 Å². The van der Waals surface area contributed by atoms with Crippen LogP contribution in [0.3, 0.4) is 0 Å². The smallest absolute Gasteiger partial charge is 0.377 e. The lowest BCUT2D eigenvalue weighted by atomic mass is 10.0. The highest BCUT2D eigenvalue weighted by Gasteiger charge is 2.18. The molecule has 0 fully saturated rings. The molecule has 0 atom stereocenters. The van der Waals surface area contributed by atoms with Crippen molar-refractivity contribution in [3.05, 3.63) is 54.5 Å². The summed E-state index contributed by atoms with van der Waals surface area (Å²) in [6, 6.07) is 9.24. The summed E-state index contributed by atoms with van der Waals surface area (Å²) >= 11 is 0. The van der Waals surface area contributed by atoms with E-state index in [9.17, 15) is 9.59 Å². The summed E-state index contributed by atoms with van der Waals surface area (Å²) in [4.78, 5) is 29.2. The second-order valence-corrected chi connectivity index (χ2v) is 4.33. The van der Waals surface area contributed by atoms with Crippen LogP contribution in [0.2, 0.25) is 0 Å². The zero-order chi connectivity index (χ0) is 14.1. The number of hydrogen-bond acceptors (Lipinski definition) is 3. The Hall–Kier alpha value is -2.95. The first-order valence-corrected chi connectivity index (χ1v) is 5.96. The Morgan fingerprint density at radius 1 is 1.05 bits per heavy atom. The van der Waals surface area contributed by atoms with Crippen LogP contribution in [0.15, 0.2) is 48.9 Å². The van der Waals surface area contributed by atoms with Gasteiger partial charge in [0.1, 0.15) is 0 Å². The first kappa shape index (κ1) is 12.1. The third kappa shape index (κ3) is 1.95. The Kier molecular flexibility index (Phi) is 2.80. The molecule has 2 aromatic heterocycles. The fourth-order valence-electron chi connectivity index (χ4n) is 2.15. The van der Waals surface area contributed by atoms with Gasteiger partial charge in [-0.2, -0.15) is 0 Å². The van der Waals surface area contributed by atoms with Gasteiger partial charge < -0.3 is 10.1 Å². The molecule has 0 saturated carbocycles. The molecule has 2 N–H and O–H groups in total. The van der Waals surface area contributed by atoms with Crippen LogP contribution in [-0.4, -0.2) is 26.8 Å². The molecule has 3 aromatic rings. The molecule has 0 radical (unpaired) electrons. The molecule has 0 bridgehead atoms. The number of pyridine rings is 1. The zero-order valence-electron chi connectivity index (χ0n) is 10.3. The van der Waals surface area contributed by atoms with Crippen LogP contribution in [0.4, 0.5) is 0 Å². The summed E-state index contributed by atoms with van der Waals surface area (Å²) in [5.74, 6) is -2.36. The van der Waals surface area contributed by atoms with E-state index < -0.39 is 11.8 Å².